The summed E-state index contributed by atoms with van der Waals surface area (Å²) < 4.78 is 161. The van der Waals surface area contributed by atoms with Gasteiger partial charge in [-0.3, -0.25) is 9.59 Å². The molecule has 20 nitrogen and oxygen atoms in total. The van der Waals surface area contributed by atoms with Gasteiger partial charge in [0.25, 0.3) is 0 Å². The van der Waals surface area contributed by atoms with Crippen molar-refractivity contribution in [1.29, 1.82) is 0 Å². The van der Waals surface area contributed by atoms with Crippen molar-refractivity contribution in [3.8, 4) is 23.3 Å². The predicted octanol–water partition coefficient (Wildman–Crippen LogP) is 12.1. The Labute approximate surface area is 587 Å². The van der Waals surface area contributed by atoms with Crippen LogP contribution in [0.15, 0.2) is 36.4 Å². The molecule has 3 saturated carbocycles. The maximum absolute atomic E-state index is 16.1. The first-order valence-electron chi connectivity index (χ1n) is 32.9. The minimum absolute atomic E-state index is 0. The molecule has 7 aliphatic rings. The van der Waals surface area contributed by atoms with Crippen molar-refractivity contribution in [1.82, 2.24) is 40.4 Å². The molecular weight excluding hydrogens is 1370 g/mol. The van der Waals surface area contributed by atoms with E-state index < -0.39 is 154 Å². The van der Waals surface area contributed by atoms with Crippen LogP contribution in [-0.4, -0.2) is 154 Å². The van der Waals surface area contributed by atoms with E-state index in [9.17, 15) is 28.8 Å². The summed E-state index contributed by atoms with van der Waals surface area (Å²) in [5, 5.41) is 5.41. The van der Waals surface area contributed by atoms with Crippen molar-refractivity contribution >= 4 is 58.6 Å². The molecule has 2 radical (unpaired) electrons. The summed E-state index contributed by atoms with van der Waals surface area (Å²) >= 11 is 0. The number of benzene rings is 2. The van der Waals surface area contributed by atoms with Crippen LogP contribution in [0.5, 0.6) is 23.3 Å². The zero-order chi connectivity index (χ0) is 70.0. The summed E-state index contributed by atoms with van der Waals surface area (Å²) in [5.74, 6) is -22.7. The van der Waals surface area contributed by atoms with Crippen molar-refractivity contribution in [2.24, 2.45) is 46.3 Å². The molecular formula is C68H84F8N8O12V2-2. The molecule has 6 heterocycles. The van der Waals surface area contributed by atoms with E-state index >= 15 is 35.1 Å². The first kappa shape index (κ1) is 77.5. The van der Waals surface area contributed by atoms with Gasteiger partial charge in [-0.05, 0) is 135 Å². The molecule has 2 aromatic heterocycles. The van der Waals surface area contributed by atoms with Gasteiger partial charge in [-0.15, -0.1) is 0 Å². The maximum atomic E-state index is 16.1. The molecule has 4 aromatic rings. The minimum Gasteiger partial charge on any atom is -0.540 e. The van der Waals surface area contributed by atoms with Gasteiger partial charge in [0.15, 0.2) is 11.4 Å². The van der Waals surface area contributed by atoms with Gasteiger partial charge in [0.1, 0.15) is 47.5 Å². The molecule has 536 valence electrons. The molecule has 14 atom stereocenters. The van der Waals surface area contributed by atoms with E-state index in [1.807, 2.05) is 12.6 Å². The Morgan fingerprint density at radius 2 is 1.00 bits per heavy atom. The van der Waals surface area contributed by atoms with Crippen molar-refractivity contribution in [2.45, 2.75) is 218 Å². The number of hydrogen-bond acceptors (Lipinski definition) is 16. The zero-order valence-electron chi connectivity index (χ0n) is 56.6. The number of aromatic nitrogens is 4. The minimum atomic E-state index is -4.81. The zero-order valence-corrected chi connectivity index (χ0v) is 59.4. The average Bonchev–Trinajstić information content (AvgIpc) is 1.25. The summed E-state index contributed by atoms with van der Waals surface area (Å²) in [7, 11) is 2.80. The Kier molecular flexibility index (Phi) is 23.2. The molecule has 5 fully saturated rings. The number of alkyl carbamates (subject to hydrolysis) is 2. The third-order valence-electron chi connectivity index (χ3n) is 20.7. The second-order valence-electron chi connectivity index (χ2n) is 29.1. The van der Waals surface area contributed by atoms with Crippen LogP contribution in [0.1, 0.15) is 157 Å². The van der Waals surface area contributed by atoms with Crippen LogP contribution in [0.4, 0.5) is 44.7 Å². The second kappa shape index (κ2) is 29.4. The van der Waals surface area contributed by atoms with E-state index in [0.29, 0.717) is 37.2 Å². The fourth-order valence-electron chi connectivity index (χ4n) is 15.1. The largest absolute Gasteiger partial charge is 0.540 e. The molecule has 2 saturated heterocycles. The second-order valence-corrected chi connectivity index (χ2v) is 29.1. The Morgan fingerprint density at radius 1 is 0.571 bits per heavy atom. The monoisotopic (exact) mass is 1460 g/mol. The quantitative estimate of drug-likeness (QED) is 0.135. The molecule has 2 N–H and O–H groups in total. The number of alkyl halides is 8. The first-order valence-corrected chi connectivity index (χ1v) is 32.9. The fraction of sp³-hybridized carbons (Fsp3) is 0.676. The van der Waals surface area contributed by atoms with E-state index in [2.05, 4.69) is 30.6 Å². The Balaban J connectivity index is 0.000000245. The van der Waals surface area contributed by atoms with Crippen LogP contribution in [0.3, 0.4) is 0 Å². The summed E-state index contributed by atoms with van der Waals surface area (Å²) in [6.07, 6.45) is 0.146. The van der Waals surface area contributed by atoms with Crippen LogP contribution < -0.4 is 29.6 Å². The number of nitrogens with zero attached hydrogens (tertiary/aromatic N) is 6. The van der Waals surface area contributed by atoms with Crippen molar-refractivity contribution in [3.63, 3.8) is 0 Å². The predicted molar refractivity (Wildman–Crippen MR) is 331 cm³/mol. The number of methoxy groups -OCH3 is 2. The summed E-state index contributed by atoms with van der Waals surface area (Å²) in [5.41, 5.74) is -5.43. The standard InChI is InChI=1S/C34H41F4N4O6.C34H43F4N4O6.2V/c1-6-19-24(16-43)42-15-26(19)47-29-27(39-22-10-9-18(46-5)14-23(22)40-29)34(37,38)33(35,36)11-7-8-20-21-12-17(21)13-25(20)48-31(45)41-28(30(42)44)32(2,3)4;1-7-21-24(18-43)42-17-25(21)47-28-26(39-22-13-12-20(46-6)16-23(22)40-28)34(37,38)33(35,36)15-9-11-19-10-8-14-32(19,5)48-30(45)41-27(29(42)44)31(2,3)4;;/h9-10,14,17,19-21,24-26,28H,6-8,11-13,15H2,1-5H3,(H,41,45);12-13,16,19,21,24-25,27H,7-11,14-15,17H2,1-6H3,(H,41,45);;/q2*-1;;/t17?,19-,20+,21?,24+,25+,26-,28+;19-,21-,24+,25-,27+,32+;;/m00../s1. The van der Waals surface area contributed by atoms with Crippen molar-refractivity contribution in [3.05, 3.63) is 47.8 Å². The normalized spacial score (nSPS) is 31.5. The maximum Gasteiger partial charge on any atom is 0.408 e. The molecule has 11 rings (SSSR count). The third kappa shape index (κ3) is 15.2. The molecule has 4 bridgehead atoms. The average molecular weight is 1460 g/mol. The molecule has 30 heteroatoms. The number of hydrogen-bond donors (Lipinski definition) is 2. The molecule has 2 aromatic carbocycles. The van der Waals surface area contributed by atoms with Gasteiger partial charge in [-0.25, -0.2) is 42.1 Å². The van der Waals surface area contributed by atoms with E-state index in [0.717, 1.165) is 6.42 Å². The van der Waals surface area contributed by atoms with Crippen molar-refractivity contribution in [2.75, 3.05) is 27.3 Å². The van der Waals surface area contributed by atoms with Gasteiger partial charge < -0.3 is 58.4 Å². The van der Waals surface area contributed by atoms with Crippen LogP contribution in [-0.2, 0) is 77.6 Å². The topological polar surface area (TPSA) is 240 Å². The molecule has 4 aliphatic heterocycles. The number of carbonyl (C=O) groups is 4. The fourth-order valence-corrected chi connectivity index (χ4v) is 15.1. The van der Waals surface area contributed by atoms with Gasteiger partial charge >= 0.3 is 35.9 Å². The van der Waals surface area contributed by atoms with Crippen LogP contribution in [0.2, 0.25) is 0 Å². The number of fused-ring (bicyclic) bond motifs is 12. The van der Waals surface area contributed by atoms with Gasteiger partial charge in [-0.2, -0.15) is 35.1 Å². The number of nitrogens with one attached hydrogen (secondary N) is 2. The SMILES string of the molecule is CC[C@@H]1[C@@H]2CN(C(=O)[C@H](C(C)(C)C)NC(=O)O[C@@H]3CC4CC4[C@H]3CCCC(F)(F)C(F)(F)c3nc4ccc(OC)cc4nc3O2)[C@@H]1[C-]=O.CC[C@@H]1[C@@H]2CN(C(=O)[C@H](C(C)(C)C)NC(=O)O[C@]3(C)CCC[C@H]3CCCC(F)(F)C(F)(F)c3nc4ccc(OC)cc4nc3O2)[C@@H]1[C-]=O.[V].[V]. The van der Waals surface area contributed by atoms with Gasteiger partial charge in [0.2, 0.25) is 23.6 Å². The van der Waals surface area contributed by atoms with Gasteiger partial charge in [0, 0.05) is 62.1 Å². The molecule has 98 heavy (non-hydrogen) atoms. The van der Waals surface area contributed by atoms with E-state index in [1.165, 1.54) is 60.4 Å². The third-order valence-corrected chi connectivity index (χ3v) is 20.7. The van der Waals surface area contributed by atoms with E-state index in [1.54, 1.807) is 62.3 Å². The number of rotatable bonds is 6. The number of carbonyl (C=O) groups excluding carboxylic acids is 6. The Morgan fingerprint density at radius 3 is 1.42 bits per heavy atom. The summed E-state index contributed by atoms with van der Waals surface area (Å²) in [6.45, 7) is 15.1. The van der Waals surface area contributed by atoms with Gasteiger partial charge in [0.05, 0.1) is 49.4 Å². The number of amides is 4. The number of ether oxygens (including phenoxy) is 6. The van der Waals surface area contributed by atoms with Crippen LogP contribution >= 0.6 is 0 Å². The first-order chi connectivity index (χ1) is 45.0. The Bertz CT molecular complexity index is 3490. The van der Waals surface area contributed by atoms with E-state index in [4.69, 9.17) is 28.4 Å². The van der Waals surface area contributed by atoms with Crippen molar-refractivity contribution < 1.29 is 129 Å². The molecule has 3 aliphatic carbocycles. The Hall–Kier alpha value is -6.25. The van der Waals surface area contributed by atoms with Crippen LogP contribution in [0, 0.1) is 46.3 Å². The van der Waals surface area contributed by atoms with Crippen LogP contribution in [0.25, 0.3) is 22.1 Å². The number of halogens is 8. The van der Waals surface area contributed by atoms with E-state index in [-0.39, 0.29) is 134 Å². The smallest absolute Gasteiger partial charge is 0.408 e. The summed E-state index contributed by atoms with van der Waals surface area (Å²) in [6, 6.07) is 3.77. The molecule has 4 amide bonds. The molecule has 2 unspecified atom stereocenters. The summed E-state index contributed by atoms with van der Waals surface area (Å²) in [4.78, 5) is 98.5. The van der Waals surface area contributed by atoms with Gasteiger partial charge in [-0.1, -0.05) is 80.3 Å². The molecule has 0 spiro atoms.